The maximum Gasteiger partial charge on any atom is 0.311 e. The van der Waals surface area contributed by atoms with E-state index in [9.17, 15) is 9.90 Å². The average Bonchev–Trinajstić information content (AvgIpc) is 2.22. The molecule has 0 aliphatic heterocycles. The van der Waals surface area contributed by atoms with Crippen LogP contribution in [-0.4, -0.2) is 17.6 Å². The van der Waals surface area contributed by atoms with Crippen molar-refractivity contribution in [1.29, 1.82) is 0 Å². The molecule has 0 amide bonds. The van der Waals surface area contributed by atoms with Crippen LogP contribution >= 0.6 is 0 Å². The lowest BCUT2D eigenvalue weighted by Gasteiger charge is -2.37. The maximum absolute atomic E-state index is 11.3. The second-order valence-corrected chi connectivity index (χ2v) is 4.35. The molecule has 0 spiro atoms. The van der Waals surface area contributed by atoms with Crippen molar-refractivity contribution in [3.05, 3.63) is 0 Å². The molecule has 0 radical (unpaired) electrons. The minimum atomic E-state index is -0.700. The normalized spacial score (nSPS) is 23.0. The van der Waals surface area contributed by atoms with Crippen LogP contribution in [0.4, 0.5) is 0 Å². The molecule has 1 saturated carbocycles. The van der Waals surface area contributed by atoms with E-state index in [2.05, 4.69) is 0 Å². The van der Waals surface area contributed by atoms with Gasteiger partial charge in [-0.2, -0.15) is 0 Å². The van der Waals surface area contributed by atoms with E-state index >= 15 is 0 Å². The van der Waals surface area contributed by atoms with Gasteiger partial charge in [-0.05, 0) is 25.2 Å². The number of carboxylic acids is 1. The molecule has 82 valence electrons. The van der Waals surface area contributed by atoms with Gasteiger partial charge in [-0.3, -0.25) is 4.79 Å². The molecule has 1 fully saturated rings. The van der Waals surface area contributed by atoms with E-state index in [1.807, 2.05) is 6.92 Å². The van der Waals surface area contributed by atoms with Crippen molar-refractivity contribution in [3.63, 3.8) is 0 Å². The van der Waals surface area contributed by atoms with Crippen LogP contribution in [0.5, 0.6) is 0 Å². The summed E-state index contributed by atoms with van der Waals surface area (Å²) in [5, 5.41) is 9.30. The van der Waals surface area contributed by atoms with Gasteiger partial charge in [0.25, 0.3) is 0 Å². The molecule has 3 N–H and O–H groups in total. The Kier molecular flexibility index (Phi) is 3.93. The average molecular weight is 199 g/mol. The van der Waals surface area contributed by atoms with Crippen LogP contribution in [0.3, 0.4) is 0 Å². The van der Waals surface area contributed by atoms with Crippen molar-refractivity contribution in [1.82, 2.24) is 0 Å². The quantitative estimate of drug-likeness (QED) is 0.728. The van der Waals surface area contributed by atoms with Crippen LogP contribution in [-0.2, 0) is 4.79 Å². The SMILES string of the molecule is CCC(CN)(C(=O)O)C1CCCCC1. The zero-order valence-electron chi connectivity index (χ0n) is 8.96. The predicted octanol–water partition coefficient (Wildman–Crippen LogP) is 2.01. The summed E-state index contributed by atoms with van der Waals surface area (Å²) < 4.78 is 0. The third-order valence-electron chi connectivity index (χ3n) is 3.81. The molecule has 0 aromatic heterocycles. The number of rotatable bonds is 4. The second-order valence-electron chi connectivity index (χ2n) is 4.35. The molecular formula is C11H21NO2. The number of hydrogen-bond donors (Lipinski definition) is 2. The van der Waals surface area contributed by atoms with Crippen molar-refractivity contribution in [2.24, 2.45) is 17.1 Å². The fraction of sp³-hybridized carbons (Fsp3) is 0.909. The Morgan fingerprint density at radius 1 is 1.43 bits per heavy atom. The third kappa shape index (κ3) is 1.92. The lowest BCUT2D eigenvalue weighted by Crippen LogP contribution is -2.45. The Bertz CT molecular complexity index is 193. The number of aliphatic carboxylic acids is 1. The van der Waals surface area contributed by atoms with Crippen LogP contribution < -0.4 is 5.73 Å². The number of hydrogen-bond acceptors (Lipinski definition) is 2. The van der Waals surface area contributed by atoms with E-state index in [1.54, 1.807) is 0 Å². The Morgan fingerprint density at radius 2 is 2.00 bits per heavy atom. The fourth-order valence-corrected chi connectivity index (χ4v) is 2.67. The lowest BCUT2D eigenvalue weighted by molar-refractivity contribution is -0.153. The van der Waals surface area contributed by atoms with E-state index in [0.29, 0.717) is 12.3 Å². The summed E-state index contributed by atoms with van der Waals surface area (Å²) in [6.45, 7) is 2.22. The third-order valence-corrected chi connectivity index (χ3v) is 3.81. The van der Waals surface area contributed by atoms with Gasteiger partial charge in [0.05, 0.1) is 5.41 Å². The van der Waals surface area contributed by atoms with Crippen molar-refractivity contribution in [2.75, 3.05) is 6.54 Å². The smallest absolute Gasteiger partial charge is 0.311 e. The van der Waals surface area contributed by atoms with Crippen molar-refractivity contribution >= 4 is 5.97 Å². The van der Waals surface area contributed by atoms with Gasteiger partial charge in [0.15, 0.2) is 0 Å². The van der Waals surface area contributed by atoms with Gasteiger partial charge < -0.3 is 10.8 Å². The molecule has 1 aliphatic carbocycles. The molecule has 1 unspecified atom stereocenters. The monoisotopic (exact) mass is 199 g/mol. The summed E-state index contributed by atoms with van der Waals surface area (Å²) in [4.78, 5) is 11.3. The minimum absolute atomic E-state index is 0.281. The summed E-state index contributed by atoms with van der Waals surface area (Å²) in [7, 11) is 0. The molecule has 1 aliphatic rings. The lowest BCUT2D eigenvalue weighted by atomic mass is 9.67. The first-order valence-corrected chi connectivity index (χ1v) is 5.61. The summed E-state index contributed by atoms with van der Waals surface area (Å²) >= 11 is 0. The van der Waals surface area contributed by atoms with Crippen LogP contribution in [0.1, 0.15) is 45.4 Å². The molecule has 14 heavy (non-hydrogen) atoms. The Morgan fingerprint density at radius 3 is 2.36 bits per heavy atom. The van der Waals surface area contributed by atoms with Crippen LogP contribution in [0.25, 0.3) is 0 Å². The molecular weight excluding hydrogens is 178 g/mol. The standard InChI is InChI=1S/C11H21NO2/c1-2-11(8-12,10(13)14)9-6-4-3-5-7-9/h9H,2-8,12H2,1H3,(H,13,14). The van der Waals surface area contributed by atoms with E-state index in [4.69, 9.17) is 5.73 Å². The number of carboxylic acid groups (broad SMARTS) is 1. The van der Waals surface area contributed by atoms with Crippen molar-refractivity contribution in [3.8, 4) is 0 Å². The zero-order chi connectivity index (χ0) is 10.6. The first-order chi connectivity index (χ1) is 6.67. The number of carbonyl (C=O) groups is 1. The Balaban J connectivity index is 2.78. The second kappa shape index (κ2) is 4.78. The van der Waals surface area contributed by atoms with E-state index in [-0.39, 0.29) is 6.54 Å². The van der Waals surface area contributed by atoms with Gasteiger partial charge in [-0.15, -0.1) is 0 Å². The Hall–Kier alpha value is -0.570. The predicted molar refractivity (Wildman–Crippen MR) is 56.0 cm³/mol. The topological polar surface area (TPSA) is 63.3 Å². The summed E-state index contributed by atoms with van der Waals surface area (Å²) in [6, 6.07) is 0. The van der Waals surface area contributed by atoms with Crippen LogP contribution in [0.2, 0.25) is 0 Å². The van der Waals surface area contributed by atoms with Crippen LogP contribution in [0.15, 0.2) is 0 Å². The highest BCUT2D eigenvalue weighted by Gasteiger charge is 2.43. The number of nitrogens with two attached hydrogens (primary N) is 1. The molecule has 0 heterocycles. The molecule has 0 saturated heterocycles. The maximum atomic E-state index is 11.3. The minimum Gasteiger partial charge on any atom is -0.481 e. The van der Waals surface area contributed by atoms with Gasteiger partial charge in [0.2, 0.25) is 0 Å². The fourth-order valence-electron chi connectivity index (χ4n) is 2.67. The summed E-state index contributed by atoms with van der Waals surface area (Å²) in [5.74, 6) is -0.404. The van der Waals surface area contributed by atoms with E-state index < -0.39 is 11.4 Å². The van der Waals surface area contributed by atoms with Gasteiger partial charge in [-0.1, -0.05) is 26.2 Å². The molecule has 0 aromatic carbocycles. The molecule has 3 nitrogen and oxygen atoms in total. The molecule has 0 bridgehead atoms. The molecule has 0 aromatic rings. The molecule has 1 rings (SSSR count). The highest BCUT2D eigenvalue weighted by atomic mass is 16.4. The molecule has 1 atom stereocenters. The summed E-state index contributed by atoms with van der Waals surface area (Å²) in [6.07, 6.45) is 6.32. The first kappa shape index (κ1) is 11.5. The molecule has 3 heteroatoms. The first-order valence-electron chi connectivity index (χ1n) is 5.61. The van der Waals surface area contributed by atoms with Crippen molar-refractivity contribution in [2.45, 2.75) is 45.4 Å². The van der Waals surface area contributed by atoms with Gasteiger partial charge in [-0.25, -0.2) is 0 Å². The van der Waals surface area contributed by atoms with Gasteiger partial charge >= 0.3 is 5.97 Å². The Labute approximate surface area is 85.7 Å². The van der Waals surface area contributed by atoms with E-state index in [0.717, 1.165) is 12.8 Å². The zero-order valence-corrected chi connectivity index (χ0v) is 8.96. The van der Waals surface area contributed by atoms with E-state index in [1.165, 1.54) is 19.3 Å². The van der Waals surface area contributed by atoms with Gasteiger partial charge in [0.1, 0.15) is 0 Å². The largest absolute Gasteiger partial charge is 0.481 e. The van der Waals surface area contributed by atoms with Gasteiger partial charge in [0, 0.05) is 6.54 Å². The summed E-state index contributed by atoms with van der Waals surface area (Å²) in [5.41, 5.74) is 5.02. The highest BCUT2D eigenvalue weighted by Crippen LogP contribution is 2.40. The highest BCUT2D eigenvalue weighted by molar-refractivity contribution is 5.75. The van der Waals surface area contributed by atoms with Crippen molar-refractivity contribution < 1.29 is 9.90 Å². The van der Waals surface area contributed by atoms with Crippen LogP contribution in [0, 0.1) is 11.3 Å².